The Labute approximate surface area is 105 Å². The van der Waals surface area contributed by atoms with Crippen molar-refractivity contribution in [3.05, 3.63) is 27.9 Å². The van der Waals surface area contributed by atoms with Gasteiger partial charge >= 0.3 is 0 Å². The minimum absolute atomic E-state index is 0.112. The highest BCUT2D eigenvalue weighted by Crippen LogP contribution is 2.19. The third kappa shape index (κ3) is 3.19. The lowest BCUT2D eigenvalue weighted by molar-refractivity contribution is -0.385. The Morgan fingerprint density at radius 1 is 1.72 bits per heavy atom. The van der Waals surface area contributed by atoms with E-state index in [1.165, 1.54) is 6.07 Å². The summed E-state index contributed by atoms with van der Waals surface area (Å²) < 4.78 is 0. The number of hydrogen-bond donors (Lipinski definition) is 1. The van der Waals surface area contributed by atoms with E-state index in [2.05, 4.69) is 16.2 Å². The molecule has 0 amide bonds. The highest BCUT2D eigenvalue weighted by atomic mass is 16.6. The molecule has 0 radical (unpaired) electrons. The van der Waals surface area contributed by atoms with Crippen molar-refractivity contribution in [2.75, 3.05) is 5.32 Å². The monoisotopic (exact) mass is 244 g/mol. The van der Waals surface area contributed by atoms with Crippen molar-refractivity contribution < 1.29 is 4.92 Å². The van der Waals surface area contributed by atoms with Gasteiger partial charge in [-0.1, -0.05) is 19.3 Å². The quantitative estimate of drug-likeness (QED) is 0.486. The molecule has 1 aromatic rings. The molecule has 1 aromatic heterocycles. The fourth-order valence-corrected chi connectivity index (χ4v) is 1.40. The van der Waals surface area contributed by atoms with Gasteiger partial charge in [0.1, 0.15) is 23.6 Å². The van der Waals surface area contributed by atoms with Crippen molar-refractivity contribution >= 4 is 11.5 Å². The zero-order chi connectivity index (χ0) is 13.5. The van der Waals surface area contributed by atoms with E-state index in [-0.39, 0.29) is 23.1 Å². The minimum atomic E-state index is -0.595. The molecule has 0 fully saturated rings. The molecule has 0 spiro atoms. The molecule has 0 bridgehead atoms. The van der Waals surface area contributed by atoms with Crippen LogP contribution in [0.1, 0.15) is 25.3 Å². The summed E-state index contributed by atoms with van der Waals surface area (Å²) in [7, 11) is 0. The number of aromatic nitrogens is 1. The molecule has 0 aromatic carbocycles. The zero-order valence-electron chi connectivity index (χ0n) is 9.88. The van der Waals surface area contributed by atoms with E-state index < -0.39 is 4.92 Å². The molecule has 0 saturated carbocycles. The van der Waals surface area contributed by atoms with E-state index in [4.69, 9.17) is 11.7 Å². The Morgan fingerprint density at radius 3 is 2.94 bits per heavy atom. The van der Waals surface area contributed by atoms with Gasteiger partial charge in [0, 0.05) is 6.07 Å². The van der Waals surface area contributed by atoms with Crippen LogP contribution >= 0.6 is 0 Å². The van der Waals surface area contributed by atoms with Gasteiger partial charge in [0.2, 0.25) is 0 Å². The van der Waals surface area contributed by atoms with E-state index in [0.717, 1.165) is 19.0 Å². The first-order valence-corrected chi connectivity index (χ1v) is 5.39. The number of nitrogens with one attached hydrogen (secondary N) is 1. The molecule has 1 atom stereocenters. The SMILES string of the molecule is C#CC(CCC)Nc1ncc([N+](=O)[O-])cc1C#N. The highest BCUT2D eigenvalue weighted by molar-refractivity contribution is 5.56. The Hall–Kier alpha value is -2.60. The molecular formula is C12H12N4O2. The zero-order valence-corrected chi connectivity index (χ0v) is 9.88. The van der Waals surface area contributed by atoms with Crippen LogP contribution in [0.2, 0.25) is 0 Å². The van der Waals surface area contributed by atoms with Gasteiger partial charge in [-0.2, -0.15) is 5.26 Å². The summed E-state index contributed by atoms with van der Waals surface area (Å²) in [4.78, 5) is 13.8. The topological polar surface area (TPSA) is 91.8 Å². The normalized spacial score (nSPS) is 11.1. The Kier molecular flexibility index (Phi) is 4.65. The molecule has 6 nitrogen and oxygen atoms in total. The molecule has 0 aliphatic carbocycles. The summed E-state index contributed by atoms with van der Waals surface area (Å²) in [5.74, 6) is 2.82. The maximum Gasteiger partial charge on any atom is 0.289 e. The molecule has 92 valence electrons. The summed E-state index contributed by atoms with van der Waals surface area (Å²) in [6.45, 7) is 1.99. The van der Waals surface area contributed by atoms with Crippen molar-refractivity contribution in [1.29, 1.82) is 5.26 Å². The third-order valence-electron chi connectivity index (χ3n) is 2.29. The number of rotatable bonds is 5. The van der Waals surface area contributed by atoms with Crippen molar-refractivity contribution in [3.63, 3.8) is 0 Å². The van der Waals surface area contributed by atoms with E-state index >= 15 is 0 Å². The third-order valence-corrected chi connectivity index (χ3v) is 2.29. The maximum absolute atomic E-state index is 10.6. The summed E-state index contributed by atoms with van der Waals surface area (Å²) >= 11 is 0. The predicted molar refractivity (Wildman–Crippen MR) is 66.8 cm³/mol. The number of terminal acetylenes is 1. The number of nitrogens with zero attached hydrogens (tertiary/aromatic N) is 3. The molecule has 0 saturated heterocycles. The summed E-state index contributed by atoms with van der Waals surface area (Å²) in [5, 5.41) is 22.4. The second-order valence-corrected chi connectivity index (χ2v) is 3.61. The van der Waals surface area contributed by atoms with Crippen LogP contribution in [0, 0.1) is 33.8 Å². The van der Waals surface area contributed by atoms with E-state index in [0.29, 0.717) is 0 Å². The molecule has 1 N–H and O–H groups in total. The average Bonchev–Trinajstić information content (AvgIpc) is 2.38. The van der Waals surface area contributed by atoms with Gasteiger partial charge in [-0.05, 0) is 6.42 Å². The fraction of sp³-hybridized carbons (Fsp3) is 0.333. The first-order valence-electron chi connectivity index (χ1n) is 5.39. The van der Waals surface area contributed by atoms with Gasteiger partial charge in [0.15, 0.2) is 0 Å². The number of pyridine rings is 1. The van der Waals surface area contributed by atoms with Crippen molar-refractivity contribution in [2.45, 2.75) is 25.8 Å². The van der Waals surface area contributed by atoms with Gasteiger partial charge in [0.25, 0.3) is 5.69 Å². The van der Waals surface area contributed by atoms with Crippen LogP contribution < -0.4 is 5.32 Å². The van der Waals surface area contributed by atoms with Gasteiger partial charge in [-0.25, -0.2) is 4.98 Å². The van der Waals surface area contributed by atoms with Gasteiger partial charge in [-0.15, -0.1) is 6.42 Å². The van der Waals surface area contributed by atoms with Crippen molar-refractivity contribution in [2.24, 2.45) is 0 Å². The molecule has 6 heteroatoms. The Morgan fingerprint density at radius 2 is 2.44 bits per heavy atom. The van der Waals surface area contributed by atoms with Crippen LogP contribution in [-0.4, -0.2) is 15.9 Å². The first kappa shape index (κ1) is 13.5. The first-order chi connectivity index (χ1) is 8.62. The van der Waals surface area contributed by atoms with Gasteiger partial charge < -0.3 is 5.32 Å². The average molecular weight is 244 g/mol. The van der Waals surface area contributed by atoms with E-state index in [1.54, 1.807) is 0 Å². The van der Waals surface area contributed by atoms with Gasteiger partial charge in [0.05, 0.1) is 11.0 Å². The van der Waals surface area contributed by atoms with E-state index in [9.17, 15) is 10.1 Å². The molecule has 1 rings (SSSR count). The lowest BCUT2D eigenvalue weighted by atomic mass is 10.1. The van der Waals surface area contributed by atoms with E-state index in [1.807, 2.05) is 13.0 Å². The molecular weight excluding hydrogens is 232 g/mol. The summed E-state index contributed by atoms with van der Waals surface area (Å²) in [6.07, 6.45) is 8.07. The Balaban J connectivity index is 3.00. The molecule has 0 aliphatic heterocycles. The fourth-order valence-electron chi connectivity index (χ4n) is 1.40. The number of hydrogen-bond acceptors (Lipinski definition) is 5. The van der Waals surface area contributed by atoms with Crippen LogP contribution in [0.25, 0.3) is 0 Å². The minimum Gasteiger partial charge on any atom is -0.355 e. The standard InChI is InChI=1S/C12H12N4O2/c1-3-5-10(4-2)15-12-9(7-13)6-11(8-14-12)16(17)18/h2,6,8,10H,3,5H2,1H3,(H,14,15). The van der Waals surface area contributed by atoms with Crippen molar-refractivity contribution in [1.82, 2.24) is 4.98 Å². The molecule has 1 unspecified atom stereocenters. The summed E-state index contributed by atoms with van der Waals surface area (Å²) in [6, 6.07) is 2.80. The van der Waals surface area contributed by atoms with Crippen LogP contribution in [0.15, 0.2) is 12.3 Å². The largest absolute Gasteiger partial charge is 0.355 e. The van der Waals surface area contributed by atoms with Crippen LogP contribution in [0.4, 0.5) is 11.5 Å². The highest BCUT2D eigenvalue weighted by Gasteiger charge is 2.14. The molecule has 1 heterocycles. The molecule has 0 aliphatic rings. The van der Waals surface area contributed by atoms with Crippen LogP contribution in [0.5, 0.6) is 0 Å². The second-order valence-electron chi connectivity index (χ2n) is 3.61. The molecule has 18 heavy (non-hydrogen) atoms. The Bertz CT molecular complexity index is 528. The smallest absolute Gasteiger partial charge is 0.289 e. The predicted octanol–water partition coefficient (Wildman–Crippen LogP) is 2.08. The van der Waals surface area contributed by atoms with Crippen molar-refractivity contribution in [3.8, 4) is 18.4 Å². The second kappa shape index (κ2) is 6.21. The summed E-state index contributed by atoms with van der Waals surface area (Å²) in [5.41, 5.74) is -0.106. The van der Waals surface area contributed by atoms with Crippen LogP contribution in [-0.2, 0) is 0 Å². The number of nitro groups is 1. The van der Waals surface area contributed by atoms with Gasteiger partial charge in [-0.3, -0.25) is 10.1 Å². The maximum atomic E-state index is 10.6. The van der Waals surface area contributed by atoms with Crippen LogP contribution in [0.3, 0.4) is 0 Å². The lowest BCUT2D eigenvalue weighted by Gasteiger charge is -2.13. The number of anilines is 1. The lowest BCUT2D eigenvalue weighted by Crippen LogP contribution is -2.18. The number of nitriles is 1.